The number of hydrazone groups is 1. The fraction of sp³-hybridized carbons (Fsp3) is 0.167. The second-order valence-electron chi connectivity index (χ2n) is 7.66. The van der Waals surface area contributed by atoms with E-state index in [0.717, 1.165) is 11.1 Å². The standard InChI is InChI=1S/C24H23N4O5S/c1-17(29)27-24(19-10-14-21(15-11-19)28(30)33-2)16-23(25-27)18-8-12-20(13-9-18)26-34(31,32)22-6-4-3-5-7-22/h3-15,24,26H,16H2,1-2H3/q+1. The van der Waals surface area contributed by atoms with Crippen molar-refractivity contribution >= 4 is 33.0 Å². The summed E-state index contributed by atoms with van der Waals surface area (Å²) in [5, 5.41) is 5.92. The minimum absolute atomic E-state index is 0.177. The van der Waals surface area contributed by atoms with Crippen LogP contribution in [0, 0.1) is 4.91 Å². The Morgan fingerprint density at radius 1 is 1.03 bits per heavy atom. The van der Waals surface area contributed by atoms with E-state index >= 15 is 0 Å². The maximum Gasteiger partial charge on any atom is 0.316 e. The van der Waals surface area contributed by atoms with Crippen molar-refractivity contribution in [3.8, 4) is 0 Å². The first-order valence-electron chi connectivity index (χ1n) is 10.5. The lowest BCUT2D eigenvalue weighted by molar-refractivity contribution is -0.736. The average Bonchev–Trinajstić information content (AvgIpc) is 3.30. The van der Waals surface area contributed by atoms with Crippen molar-refractivity contribution in [1.82, 2.24) is 5.01 Å². The highest BCUT2D eigenvalue weighted by Crippen LogP contribution is 2.34. The van der Waals surface area contributed by atoms with Crippen LogP contribution < -0.4 is 4.72 Å². The molecule has 0 fully saturated rings. The molecule has 1 unspecified atom stereocenters. The van der Waals surface area contributed by atoms with Crippen LogP contribution >= 0.6 is 0 Å². The first-order valence-corrected chi connectivity index (χ1v) is 11.9. The monoisotopic (exact) mass is 479 g/mol. The molecule has 0 aromatic heterocycles. The molecule has 1 aliphatic heterocycles. The molecule has 0 radical (unpaired) electrons. The molecule has 34 heavy (non-hydrogen) atoms. The smallest absolute Gasteiger partial charge is 0.280 e. The predicted octanol–water partition coefficient (Wildman–Crippen LogP) is 4.16. The predicted molar refractivity (Wildman–Crippen MR) is 127 cm³/mol. The highest BCUT2D eigenvalue weighted by molar-refractivity contribution is 7.92. The van der Waals surface area contributed by atoms with Gasteiger partial charge >= 0.3 is 5.69 Å². The molecular formula is C24H23N4O5S+. The number of nitrogens with one attached hydrogen (secondary N) is 1. The minimum atomic E-state index is -3.69. The van der Waals surface area contributed by atoms with E-state index in [1.165, 1.54) is 31.2 Å². The molecule has 10 heteroatoms. The number of hydrogen-bond acceptors (Lipinski definition) is 6. The Hall–Kier alpha value is -4.05. The fourth-order valence-electron chi connectivity index (χ4n) is 3.70. The number of benzene rings is 3. The van der Waals surface area contributed by atoms with Crippen molar-refractivity contribution in [1.29, 1.82) is 0 Å². The van der Waals surface area contributed by atoms with Gasteiger partial charge in [-0.05, 0) is 47.5 Å². The molecule has 3 aromatic rings. The van der Waals surface area contributed by atoms with E-state index in [0.29, 0.717) is 28.4 Å². The van der Waals surface area contributed by atoms with Crippen LogP contribution in [0.4, 0.5) is 11.4 Å². The maximum atomic E-state index is 12.5. The number of carbonyl (C=O) groups is 1. The lowest BCUT2D eigenvalue weighted by Crippen LogP contribution is -2.24. The quantitative estimate of drug-likeness (QED) is 0.512. The number of anilines is 1. The Labute approximate surface area is 197 Å². The summed E-state index contributed by atoms with van der Waals surface area (Å²) in [6, 6.07) is 21.4. The molecule has 0 spiro atoms. The molecule has 1 amide bonds. The number of amides is 1. The lowest BCUT2D eigenvalue weighted by Gasteiger charge is -2.20. The summed E-state index contributed by atoms with van der Waals surface area (Å²) in [4.78, 5) is 29.1. The summed E-state index contributed by atoms with van der Waals surface area (Å²) in [6.07, 6.45) is 0.472. The summed E-state index contributed by atoms with van der Waals surface area (Å²) in [7, 11) is -2.40. The van der Waals surface area contributed by atoms with E-state index < -0.39 is 10.0 Å². The summed E-state index contributed by atoms with van der Waals surface area (Å²) < 4.78 is 27.6. The van der Waals surface area contributed by atoms with Gasteiger partial charge in [0.15, 0.2) is 7.11 Å². The van der Waals surface area contributed by atoms with Gasteiger partial charge in [0.2, 0.25) is 5.91 Å². The highest BCUT2D eigenvalue weighted by atomic mass is 32.2. The van der Waals surface area contributed by atoms with E-state index in [1.807, 2.05) is 0 Å². The number of nitrogens with zero attached hydrogens (tertiary/aromatic N) is 3. The van der Waals surface area contributed by atoms with Crippen molar-refractivity contribution < 1.29 is 23.0 Å². The molecule has 9 nitrogen and oxygen atoms in total. The highest BCUT2D eigenvalue weighted by Gasteiger charge is 2.32. The number of sulfonamides is 1. The van der Waals surface area contributed by atoms with Gasteiger partial charge in [-0.15, -0.1) is 0 Å². The second-order valence-corrected chi connectivity index (χ2v) is 9.34. The van der Waals surface area contributed by atoms with Crippen LogP contribution in [0.3, 0.4) is 0 Å². The summed E-state index contributed by atoms with van der Waals surface area (Å²) in [5.74, 6) is -0.210. The van der Waals surface area contributed by atoms with Crippen LogP contribution in [-0.4, -0.2) is 37.1 Å². The molecule has 1 atom stereocenters. The molecule has 4 rings (SSSR count). The van der Waals surface area contributed by atoms with Gasteiger partial charge in [-0.2, -0.15) is 5.10 Å². The third kappa shape index (κ3) is 4.81. The molecule has 1 N–H and O–H groups in total. The van der Waals surface area contributed by atoms with Crippen molar-refractivity contribution in [3.05, 3.63) is 94.9 Å². The fourth-order valence-corrected chi connectivity index (χ4v) is 4.78. The summed E-state index contributed by atoms with van der Waals surface area (Å²) >= 11 is 0. The average molecular weight is 480 g/mol. The number of carbonyl (C=O) groups excluding carboxylic acids is 1. The van der Waals surface area contributed by atoms with E-state index in [-0.39, 0.29) is 16.8 Å². The van der Waals surface area contributed by atoms with Gasteiger partial charge in [0.1, 0.15) is 0 Å². The van der Waals surface area contributed by atoms with Crippen molar-refractivity contribution in [3.63, 3.8) is 0 Å². The van der Waals surface area contributed by atoms with Gasteiger partial charge < -0.3 is 0 Å². The third-order valence-electron chi connectivity index (χ3n) is 5.41. The van der Waals surface area contributed by atoms with Crippen molar-refractivity contribution in [2.24, 2.45) is 5.10 Å². The van der Waals surface area contributed by atoms with Gasteiger partial charge in [-0.25, -0.2) is 18.3 Å². The first-order chi connectivity index (χ1) is 16.3. The summed E-state index contributed by atoms with van der Waals surface area (Å²) in [6.45, 7) is 1.44. The van der Waals surface area contributed by atoms with Gasteiger partial charge in [0.05, 0.1) is 21.6 Å². The first kappa shape index (κ1) is 23.1. The van der Waals surface area contributed by atoms with Crippen LogP contribution in [0.1, 0.15) is 30.5 Å². The Morgan fingerprint density at radius 3 is 2.26 bits per heavy atom. The van der Waals surface area contributed by atoms with Crippen LogP contribution in [0.2, 0.25) is 0 Å². The van der Waals surface area contributed by atoms with Crippen LogP contribution in [0.15, 0.2) is 88.9 Å². The maximum absolute atomic E-state index is 12.5. The Morgan fingerprint density at radius 2 is 1.68 bits per heavy atom. The molecule has 3 aromatic carbocycles. The SMILES string of the molecule is CO[N+](=O)c1ccc(C2CC(c3ccc(NS(=O)(=O)c4ccccc4)cc3)=NN2C(C)=O)cc1. The van der Waals surface area contributed by atoms with Gasteiger partial charge in [-0.3, -0.25) is 9.52 Å². The van der Waals surface area contributed by atoms with E-state index in [1.54, 1.807) is 66.7 Å². The molecule has 0 bridgehead atoms. The number of rotatable bonds is 7. The van der Waals surface area contributed by atoms with E-state index in [9.17, 15) is 18.1 Å². The zero-order valence-electron chi connectivity index (χ0n) is 18.6. The Balaban J connectivity index is 1.52. The van der Waals surface area contributed by atoms with Gasteiger partial charge in [-0.1, -0.05) is 30.3 Å². The molecule has 0 saturated heterocycles. The zero-order chi connectivity index (χ0) is 24.3. The Kier molecular flexibility index (Phi) is 6.42. The topological polar surface area (TPSA) is 108 Å². The molecule has 174 valence electrons. The zero-order valence-corrected chi connectivity index (χ0v) is 19.4. The van der Waals surface area contributed by atoms with Crippen LogP contribution in [0.5, 0.6) is 0 Å². The largest absolute Gasteiger partial charge is 0.316 e. The second kappa shape index (κ2) is 9.44. The molecule has 0 aliphatic carbocycles. The minimum Gasteiger partial charge on any atom is -0.280 e. The van der Waals surface area contributed by atoms with Gasteiger partial charge in [0.25, 0.3) is 14.9 Å². The van der Waals surface area contributed by atoms with Crippen LogP contribution in [0.25, 0.3) is 0 Å². The lowest BCUT2D eigenvalue weighted by atomic mass is 9.98. The van der Waals surface area contributed by atoms with Crippen molar-refractivity contribution in [2.45, 2.75) is 24.3 Å². The molecule has 1 heterocycles. The van der Waals surface area contributed by atoms with E-state index in [2.05, 4.69) is 14.7 Å². The number of hydrogen-bond donors (Lipinski definition) is 1. The molecule has 0 saturated carbocycles. The van der Waals surface area contributed by atoms with Crippen molar-refractivity contribution in [2.75, 3.05) is 11.8 Å². The normalized spacial score (nSPS) is 15.5. The third-order valence-corrected chi connectivity index (χ3v) is 6.81. The molecule has 1 aliphatic rings. The van der Waals surface area contributed by atoms with Crippen LogP contribution in [-0.2, 0) is 19.7 Å². The van der Waals surface area contributed by atoms with Gasteiger partial charge in [0, 0.05) is 31.2 Å². The molecular weight excluding hydrogens is 456 g/mol. The van der Waals surface area contributed by atoms with E-state index in [4.69, 9.17) is 0 Å². The Bertz CT molecular complexity index is 1340. The summed E-state index contributed by atoms with van der Waals surface area (Å²) in [5.41, 5.74) is 3.06.